The fraction of sp³-hybridized carbons (Fsp3) is 0.263. The molecule has 0 fully saturated rings. The van der Waals surface area contributed by atoms with E-state index in [-0.39, 0.29) is 6.42 Å². The Hall–Kier alpha value is -5.02. The van der Waals surface area contributed by atoms with Crippen LogP contribution >= 0.6 is 11.3 Å². The van der Waals surface area contributed by atoms with Gasteiger partial charge in [-0.2, -0.15) is 0 Å². The summed E-state index contributed by atoms with van der Waals surface area (Å²) in [5.74, 6) is 1.19. The van der Waals surface area contributed by atoms with E-state index >= 15 is 0 Å². The molecule has 9 heteroatoms. The molecule has 6 bridgehead atoms. The fourth-order valence-corrected chi connectivity index (χ4v) is 8.18. The zero-order valence-electron chi connectivity index (χ0n) is 26.1. The highest BCUT2D eigenvalue weighted by Gasteiger charge is 2.25. The van der Waals surface area contributed by atoms with Crippen molar-refractivity contribution in [3.63, 3.8) is 0 Å². The molecule has 5 heterocycles. The number of nitrogens with two attached hydrogens (primary N) is 1. The lowest BCUT2D eigenvalue weighted by molar-refractivity contribution is -0.136. The first-order valence-corrected chi connectivity index (χ1v) is 16.9. The lowest BCUT2D eigenvalue weighted by atomic mass is 9.85. The van der Waals surface area contributed by atoms with Crippen molar-refractivity contribution in [3.8, 4) is 44.5 Å². The number of hydrogen-bond acceptors (Lipinski definition) is 8. The van der Waals surface area contributed by atoms with Gasteiger partial charge in [-0.15, -0.1) is 11.3 Å². The van der Waals surface area contributed by atoms with E-state index in [9.17, 15) is 9.90 Å². The molecule has 0 spiro atoms. The highest BCUT2D eigenvalue weighted by atomic mass is 32.1. The number of carbonyl (C=O) groups is 1. The number of thiazole rings is 1. The van der Waals surface area contributed by atoms with Gasteiger partial charge in [0.25, 0.3) is 0 Å². The van der Waals surface area contributed by atoms with Crippen LogP contribution in [0.2, 0.25) is 0 Å². The lowest BCUT2D eigenvalue weighted by Crippen LogP contribution is -2.14. The minimum Gasteiger partial charge on any atom is -0.493 e. The number of aliphatic carboxylic acids is 1. The van der Waals surface area contributed by atoms with Crippen molar-refractivity contribution < 1.29 is 19.4 Å². The van der Waals surface area contributed by atoms with E-state index in [2.05, 4.69) is 18.2 Å². The number of nitrogens with zero attached hydrogens (tertiary/aromatic N) is 3. The molecule has 2 aliphatic heterocycles. The number of carboxylic acids is 1. The van der Waals surface area contributed by atoms with Crippen molar-refractivity contribution in [1.82, 2.24) is 15.0 Å². The van der Waals surface area contributed by atoms with E-state index in [1.54, 1.807) is 17.5 Å². The predicted molar refractivity (Wildman–Crippen MR) is 186 cm³/mol. The van der Waals surface area contributed by atoms with Crippen LogP contribution in [0.5, 0.6) is 11.5 Å². The summed E-state index contributed by atoms with van der Waals surface area (Å²) in [5, 5.41) is 11.7. The number of aryl methyl sites for hydroxylation is 1. The van der Waals surface area contributed by atoms with E-state index < -0.39 is 5.97 Å². The Morgan fingerprint density at radius 2 is 1.87 bits per heavy atom. The van der Waals surface area contributed by atoms with Crippen molar-refractivity contribution in [1.29, 1.82) is 0 Å². The van der Waals surface area contributed by atoms with Gasteiger partial charge >= 0.3 is 5.97 Å². The molecule has 3 aromatic heterocycles. The normalized spacial score (nSPS) is 16.1. The van der Waals surface area contributed by atoms with Gasteiger partial charge in [-0.1, -0.05) is 18.9 Å². The summed E-state index contributed by atoms with van der Waals surface area (Å²) in [6, 6.07) is 18.1. The number of aromatic nitrogens is 3. The Labute approximate surface area is 276 Å². The van der Waals surface area contributed by atoms with Gasteiger partial charge in [-0.05, 0) is 103 Å². The number of rotatable bonds is 2. The van der Waals surface area contributed by atoms with Crippen molar-refractivity contribution in [3.05, 3.63) is 83.7 Å². The number of carboxylic acid groups (broad SMARTS) is 1. The van der Waals surface area contributed by atoms with Crippen LogP contribution in [0, 0.1) is 6.92 Å². The van der Waals surface area contributed by atoms with Crippen LogP contribution in [0.3, 0.4) is 0 Å². The van der Waals surface area contributed by atoms with E-state index in [0.29, 0.717) is 24.8 Å². The van der Waals surface area contributed by atoms with Crippen LogP contribution in [-0.4, -0.2) is 39.2 Å². The third-order valence-corrected chi connectivity index (χ3v) is 10.5. The van der Waals surface area contributed by atoms with Crippen molar-refractivity contribution in [2.24, 2.45) is 0 Å². The molecule has 0 amide bonds. The molecule has 3 aromatic carbocycles. The molecule has 0 saturated carbocycles. The fourth-order valence-electron chi connectivity index (χ4n) is 7.04. The molecule has 1 unspecified atom stereocenters. The van der Waals surface area contributed by atoms with Crippen LogP contribution in [0.1, 0.15) is 54.7 Å². The third-order valence-electron chi connectivity index (χ3n) is 9.37. The monoisotopic (exact) mass is 642 g/mol. The largest absolute Gasteiger partial charge is 0.493 e. The van der Waals surface area contributed by atoms with Crippen LogP contribution < -0.4 is 15.2 Å². The second-order valence-corrected chi connectivity index (χ2v) is 13.5. The number of ether oxygens (including phenoxy) is 2. The molecule has 8 nitrogen and oxygen atoms in total. The maximum absolute atomic E-state index is 12.1. The summed E-state index contributed by atoms with van der Waals surface area (Å²) in [6.45, 7) is 3.26. The van der Waals surface area contributed by atoms with E-state index in [4.69, 9.17) is 30.2 Å². The molecule has 3 N–H and O–H groups in total. The Balaban J connectivity index is 1.34. The summed E-state index contributed by atoms with van der Waals surface area (Å²) < 4.78 is 13.6. The third kappa shape index (κ3) is 5.44. The summed E-state index contributed by atoms with van der Waals surface area (Å²) >= 11 is 1.58. The highest BCUT2D eigenvalue weighted by Crippen LogP contribution is 2.45. The molecular weight excluding hydrogens is 609 g/mol. The number of anilines is 1. The Bertz CT molecular complexity index is 2190. The lowest BCUT2D eigenvalue weighted by Gasteiger charge is -2.27. The molecule has 0 aliphatic carbocycles. The average molecular weight is 643 g/mol. The van der Waals surface area contributed by atoms with Gasteiger partial charge in [0.2, 0.25) is 0 Å². The maximum Gasteiger partial charge on any atom is 0.307 e. The van der Waals surface area contributed by atoms with Crippen LogP contribution in [-0.2, 0) is 11.2 Å². The van der Waals surface area contributed by atoms with Crippen LogP contribution in [0.25, 0.3) is 54.1 Å². The second kappa shape index (κ2) is 12.0. The van der Waals surface area contributed by atoms with Crippen LogP contribution in [0.15, 0.2) is 67.0 Å². The molecule has 47 heavy (non-hydrogen) atoms. The molecule has 6 aromatic rings. The minimum atomic E-state index is -0.855. The Morgan fingerprint density at radius 3 is 2.77 bits per heavy atom. The number of hydrogen-bond donors (Lipinski definition) is 2. The van der Waals surface area contributed by atoms with E-state index in [1.165, 1.54) is 5.56 Å². The van der Waals surface area contributed by atoms with Gasteiger partial charge in [0.1, 0.15) is 16.5 Å². The standard InChI is InChI=1S/C38H34N4O4S/c1-21-15-32-37-35(27(21)19-34(43)44)23-6-9-33-28(16-23)22(11-14-45-33)5-3-2-4-13-46-36-26-8-7-25(39)18-31(26)41-20-29(36)30-17-24(10-12-40-30)38(42-32)47-37/h6-10,12,15-18,20,22H,2-5,11,13-14,19,39H2,1H3,(H,43,44). The number of pyridine rings is 2. The van der Waals surface area contributed by atoms with Crippen LogP contribution in [0.4, 0.5) is 5.69 Å². The zero-order valence-corrected chi connectivity index (χ0v) is 26.9. The first-order chi connectivity index (χ1) is 22.9. The van der Waals surface area contributed by atoms with Gasteiger partial charge in [0.15, 0.2) is 0 Å². The van der Waals surface area contributed by atoms with Gasteiger partial charge in [0, 0.05) is 34.6 Å². The number of nitrogen functional groups attached to an aromatic ring is 1. The topological polar surface area (TPSA) is 120 Å². The first kappa shape index (κ1) is 29.4. The Morgan fingerprint density at radius 1 is 0.957 bits per heavy atom. The maximum atomic E-state index is 12.1. The average Bonchev–Trinajstić information content (AvgIpc) is 3.49. The van der Waals surface area contributed by atoms with Gasteiger partial charge in [-0.3, -0.25) is 14.8 Å². The molecule has 236 valence electrons. The molecule has 8 rings (SSSR count). The smallest absolute Gasteiger partial charge is 0.307 e. The summed E-state index contributed by atoms with van der Waals surface area (Å²) in [4.78, 5) is 26.7. The minimum absolute atomic E-state index is 0.0653. The first-order valence-electron chi connectivity index (χ1n) is 16.1. The second-order valence-electron chi connectivity index (χ2n) is 12.5. The predicted octanol–water partition coefficient (Wildman–Crippen LogP) is 8.58. The van der Waals surface area contributed by atoms with Gasteiger partial charge in [0.05, 0.1) is 46.6 Å². The van der Waals surface area contributed by atoms with Gasteiger partial charge < -0.3 is 20.3 Å². The highest BCUT2D eigenvalue weighted by molar-refractivity contribution is 7.22. The van der Waals surface area contributed by atoms with Crippen molar-refractivity contribution >= 4 is 44.1 Å². The molecular formula is C38H34N4O4S. The van der Waals surface area contributed by atoms with Crippen molar-refractivity contribution in [2.75, 3.05) is 18.9 Å². The molecule has 1 atom stereocenters. The molecule has 0 radical (unpaired) electrons. The SMILES string of the molecule is Cc1cc2nc3sc2c(c1CC(=O)O)-c1ccc2c(c1)C(CCCCCOc1c(cnc4cc(N)ccc14)-c1cc-3ccn1)CCO2. The number of benzene rings is 3. The number of fused-ring (bicyclic) bond motifs is 10. The summed E-state index contributed by atoms with van der Waals surface area (Å²) in [6.07, 6.45) is 8.58. The van der Waals surface area contributed by atoms with E-state index in [1.807, 2.05) is 49.5 Å². The van der Waals surface area contributed by atoms with Gasteiger partial charge in [-0.25, -0.2) is 4.98 Å². The quantitative estimate of drug-likeness (QED) is 0.180. The van der Waals surface area contributed by atoms with Crippen molar-refractivity contribution in [2.45, 2.75) is 51.4 Å². The zero-order chi connectivity index (χ0) is 32.1. The summed E-state index contributed by atoms with van der Waals surface area (Å²) in [7, 11) is 0. The molecule has 0 saturated heterocycles. The molecule has 2 aliphatic rings. The van der Waals surface area contributed by atoms with E-state index in [0.717, 1.165) is 109 Å². The summed E-state index contributed by atoms with van der Waals surface area (Å²) in [5.41, 5.74) is 15.7. The Kier molecular flexibility index (Phi) is 7.48.